The van der Waals surface area contributed by atoms with Crippen LogP contribution in [0.1, 0.15) is 24.4 Å². The van der Waals surface area contributed by atoms with Crippen LogP contribution in [0.25, 0.3) is 0 Å². The number of nitrogens with one attached hydrogen (secondary N) is 3. The SMILES string of the molecule is CN(C)c1ccc([C@@H](CNC(=O)C(=O)NC[C@@H]2CCCO2)[NH+](C)C)cc1. The molecule has 0 aromatic heterocycles. The zero-order valence-corrected chi connectivity index (χ0v) is 16.2. The molecule has 0 spiro atoms. The van der Waals surface area contributed by atoms with Gasteiger partial charge in [-0.3, -0.25) is 9.59 Å². The number of likely N-dealkylation sites (N-methyl/N-ethyl adjacent to an activating group) is 1. The third-order valence-corrected chi connectivity index (χ3v) is 4.70. The van der Waals surface area contributed by atoms with Crippen molar-refractivity contribution < 1.29 is 19.2 Å². The third-order valence-electron chi connectivity index (χ3n) is 4.70. The Bertz CT molecular complexity index is 595. The van der Waals surface area contributed by atoms with Gasteiger partial charge in [0.1, 0.15) is 6.04 Å². The van der Waals surface area contributed by atoms with Crippen LogP contribution < -0.4 is 20.4 Å². The highest BCUT2D eigenvalue weighted by atomic mass is 16.5. The summed E-state index contributed by atoms with van der Waals surface area (Å²) in [7, 11) is 8.07. The predicted molar refractivity (Wildman–Crippen MR) is 101 cm³/mol. The van der Waals surface area contributed by atoms with Gasteiger partial charge in [-0.15, -0.1) is 0 Å². The molecule has 1 aliphatic rings. The Balaban J connectivity index is 1.86. The van der Waals surface area contributed by atoms with Gasteiger partial charge in [-0.1, -0.05) is 12.1 Å². The highest BCUT2D eigenvalue weighted by molar-refractivity contribution is 6.35. The lowest BCUT2D eigenvalue weighted by atomic mass is 10.1. The number of nitrogens with zero attached hydrogens (tertiary/aromatic N) is 1. The Morgan fingerprint density at radius 1 is 1.19 bits per heavy atom. The molecule has 1 fully saturated rings. The molecule has 1 aliphatic heterocycles. The quantitative estimate of drug-likeness (QED) is 0.563. The van der Waals surface area contributed by atoms with E-state index >= 15 is 0 Å². The summed E-state index contributed by atoms with van der Waals surface area (Å²) in [6.07, 6.45) is 1.96. The van der Waals surface area contributed by atoms with Crippen LogP contribution in [-0.4, -0.2) is 65.8 Å². The number of ether oxygens (including phenoxy) is 1. The van der Waals surface area contributed by atoms with Crippen molar-refractivity contribution in [1.82, 2.24) is 10.6 Å². The first-order valence-corrected chi connectivity index (χ1v) is 9.13. The molecule has 7 nitrogen and oxygen atoms in total. The van der Waals surface area contributed by atoms with Crippen molar-refractivity contribution >= 4 is 17.5 Å². The lowest BCUT2D eigenvalue weighted by molar-refractivity contribution is -0.890. The maximum Gasteiger partial charge on any atom is 0.309 e. The summed E-state index contributed by atoms with van der Waals surface area (Å²) < 4.78 is 5.44. The molecule has 2 atom stereocenters. The lowest BCUT2D eigenvalue weighted by Crippen LogP contribution is -3.07. The van der Waals surface area contributed by atoms with Crippen LogP contribution >= 0.6 is 0 Å². The minimum Gasteiger partial charge on any atom is -0.378 e. The molecule has 0 unspecified atom stereocenters. The summed E-state index contributed by atoms with van der Waals surface area (Å²) in [5, 5.41) is 5.40. The average molecular weight is 363 g/mol. The first-order chi connectivity index (χ1) is 12.4. The van der Waals surface area contributed by atoms with E-state index in [2.05, 4.69) is 34.9 Å². The van der Waals surface area contributed by atoms with Crippen molar-refractivity contribution in [2.75, 3.05) is 52.8 Å². The molecule has 1 heterocycles. The Morgan fingerprint density at radius 2 is 1.85 bits per heavy atom. The van der Waals surface area contributed by atoms with Crippen molar-refractivity contribution in [3.63, 3.8) is 0 Å². The van der Waals surface area contributed by atoms with E-state index in [-0.39, 0.29) is 12.1 Å². The Kier molecular flexibility index (Phi) is 7.41. The van der Waals surface area contributed by atoms with Crippen LogP contribution in [-0.2, 0) is 14.3 Å². The van der Waals surface area contributed by atoms with E-state index in [4.69, 9.17) is 4.74 Å². The summed E-state index contributed by atoms with van der Waals surface area (Å²) >= 11 is 0. The normalized spacial score (nSPS) is 17.8. The van der Waals surface area contributed by atoms with Crippen LogP contribution in [0, 0.1) is 0 Å². The fourth-order valence-corrected chi connectivity index (χ4v) is 3.03. The van der Waals surface area contributed by atoms with Crippen LogP contribution in [0.15, 0.2) is 24.3 Å². The number of benzene rings is 1. The molecule has 2 rings (SSSR count). The predicted octanol–water partition coefficient (Wildman–Crippen LogP) is -0.650. The maximum atomic E-state index is 12.1. The number of rotatable bonds is 7. The minimum absolute atomic E-state index is 0.0286. The Morgan fingerprint density at radius 3 is 2.38 bits per heavy atom. The van der Waals surface area contributed by atoms with Gasteiger partial charge in [-0.25, -0.2) is 0 Å². The summed E-state index contributed by atoms with van der Waals surface area (Å²) in [6, 6.07) is 8.32. The van der Waals surface area contributed by atoms with Crippen LogP contribution in [0.5, 0.6) is 0 Å². The van der Waals surface area contributed by atoms with Gasteiger partial charge in [0, 0.05) is 38.5 Å². The van der Waals surface area contributed by atoms with Crippen molar-refractivity contribution in [3.05, 3.63) is 29.8 Å². The van der Waals surface area contributed by atoms with Gasteiger partial charge in [-0.2, -0.15) is 0 Å². The zero-order valence-electron chi connectivity index (χ0n) is 16.2. The van der Waals surface area contributed by atoms with Crippen LogP contribution in [0.4, 0.5) is 5.69 Å². The van der Waals surface area contributed by atoms with E-state index in [1.165, 1.54) is 4.90 Å². The molecule has 0 saturated carbocycles. The number of carbonyl (C=O) groups excluding carboxylic acids is 2. The number of hydrogen-bond acceptors (Lipinski definition) is 4. The number of carbonyl (C=O) groups is 2. The van der Waals surface area contributed by atoms with Crippen molar-refractivity contribution in [1.29, 1.82) is 0 Å². The number of anilines is 1. The Labute approximate surface area is 155 Å². The lowest BCUT2D eigenvalue weighted by Gasteiger charge is -2.23. The largest absolute Gasteiger partial charge is 0.378 e. The second kappa shape index (κ2) is 9.54. The molecular weight excluding hydrogens is 332 g/mol. The van der Waals surface area contributed by atoms with Crippen LogP contribution in [0.2, 0.25) is 0 Å². The van der Waals surface area contributed by atoms with E-state index in [1.807, 2.05) is 33.1 Å². The third kappa shape index (κ3) is 5.71. The number of quaternary nitrogens is 1. The van der Waals surface area contributed by atoms with Crippen molar-refractivity contribution in [3.8, 4) is 0 Å². The zero-order chi connectivity index (χ0) is 19.1. The topological polar surface area (TPSA) is 75.1 Å². The van der Waals surface area contributed by atoms with Crippen LogP contribution in [0.3, 0.4) is 0 Å². The number of amides is 2. The van der Waals surface area contributed by atoms with Gasteiger partial charge in [-0.05, 0) is 25.0 Å². The molecule has 1 saturated heterocycles. The van der Waals surface area contributed by atoms with Crippen molar-refractivity contribution in [2.24, 2.45) is 0 Å². The van der Waals surface area contributed by atoms with Gasteiger partial charge >= 0.3 is 11.8 Å². The molecule has 3 N–H and O–H groups in total. The second-order valence-electron chi connectivity index (χ2n) is 7.17. The molecule has 1 aromatic rings. The first kappa shape index (κ1) is 20.2. The molecule has 144 valence electrons. The summed E-state index contributed by atoms with van der Waals surface area (Å²) in [5.41, 5.74) is 2.24. The van der Waals surface area contributed by atoms with E-state index in [0.717, 1.165) is 30.7 Å². The minimum atomic E-state index is -0.601. The average Bonchev–Trinajstić information content (AvgIpc) is 3.13. The Hall–Kier alpha value is -2.12. The van der Waals surface area contributed by atoms with E-state index in [1.54, 1.807) is 0 Å². The van der Waals surface area contributed by atoms with Gasteiger partial charge in [0.2, 0.25) is 0 Å². The summed E-state index contributed by atoms with van der Waals surface area (Å²) in [4.78, 5) is 27.2. The molecule has 2 amide bonds. The molecule has 0 bridgehead atoms. The first-order valence-electron chi connectivity index (χ1n) is 9.13. The second-order valence-corrected chi connectivity index (χ2v) is 7.17. The molecule has 0 radical (unpaired) electrons. The van der Waals surface area contributed by atoms with Gasteiger partial charge in [0.25, 0.3) is 0 Å². The fraction of sp³-hybridized carbons (Fsp3) is 0.579. The molecule has 26 heavy (non-hydrogen) atoms. The fourth-order valence-electron chi connectivity index (χ4n) is 3.03. The smallest absolute Gasteiger partial charge is 0.309 e. The van der Waals surface area contributed by atoms with E-state index < -0.39 is 11.8 Å². The highest BCUT2D eigenvalue weighted by Crippen LogP contribution is 2.16. The molecular formula is C19H31N4O3+. The van der Waals surface area contributed by atoms with Gasteiger partial charge < -0.3 is 25.2 Å². The van der Waals surface area contributed by atoms with E-state index in [9.17, 15) is 9.59 Å². The molecule has 0 aliphatic carbocycles. The number of hydrogen-bond donors (Lipinski definition) is 3. The van der Waals surface area contributed by atoms with E-state index in [0.29, 0.717) is 13.1 Å². The standard InChI is InChI=1S/C19H30N4O3/c1-22(2)15-9-7-14(8-10-15)17(23(3)4)13-21-19(25)18(24)20-12-16-6-5-11-26-16/h7-10,16-17H,5-6,11-13H2,1-4H3,(H,20,24)(H,21,25)/p+1/t16-,17+/m0/s1. The van der Waals surface area contributed by atoms with Gasteiger partial charge in [0.15, 0.2) is 0 Å². The molecule has 1 aromatic carbocycles. The summed E-state index contributed by atoms with van der Waals surface area (Å²) in [6.45, 7) is 1.52. The maximum absolute atomic E-state index is 12.1. The monoisotopic (exact) mass is 363 g/mol. The summed E-state index contributed by atoms with van der Waals surface area (Å²) in [5.74, 6) is -1.20. The van der Waals surface area contributed by atoms with Crippen molar-refractivity contribution in [2.45, 2.75) is 25.0 Å². The highest BCUT2D eigenvalue weighted by Gasteiger charge is 2.22. The molecule has 7 heteroatoms. The van der Waals surface area contributed by atoms with Gasteiger partial charge in [0.05, 0.1) is 26.7 Å².